The van der Waals surface area contributed by atoms with Gasteiger partial charge in [-0.2, -0.15) is 0 Å². The third kappa shape index (κ3) is 3.06. The van der Waals surface area contributed by atoms with E-state index in [1.807, 2.05) is 0 Å². The van der Waals surface area contributed by atoms with Gasteiger partial charge in [-0.15, -0.1) is 0 Å². The van der Waals surface area contributed by atoms with Crippen LogP contribution in [-0.2, 0) is 4.74 Å². The van der Waals surface area contributed by atoms with Crippen molar-refractivity contribution < 1.29 is 4.74 Å². The molecule has 2 aliphatic carbocycles. The van der Waals surface area contributed by atoms with Crippen LogP contribution in [0, 0.1) is 5.92 Å². The van der Waals surface area contributed by atoms with Gasteiger partial charge in [0.05, 0.1) is 11.6 Å². The molecular weight excluding hydrogens is 224 g/mol. The molecule has 2 rings (SSSR count). The van der Waals surface area contributed by atoms with Gasteiger partial charge in [0.25, 0.3) is 0 Å². The number of nitrogens with two attached hydrogens (primary N) is 1. The Kier molecular flexibility index (Phi) is 5.46. The number of rotatable bonds is 5. The van der Waals surface area contributed by atoms with Gasteiger partial charge >= 0.3 is 0 Å². The smallest absolute Gasteiger partial charge is 0.0850 e. The average Bonchev–Trinajstić information content (AvgIpc) is 2.42. The fourth-order valence-electron chi connectivity index (χ4n) is 4.17. The largest absolute Gasteiger partial charge is 0.374 e. The summed E-state index contributed by atoms with van der Waals surface area (Å²) in [6.07, 6.45) is 13.1. The van der Waals surface area contributed by atoms with Crippen LogP contribution in [0.4, 0.5) is 0 Å². The van der Waals surface area contributed by atoms with Gasteiger partial charge in [0, 0.05) is 6.61 Å². The van der Waals surface area contributed by atoms with E-state index in [0.29, 0.717) is 12.0 Å². The Balaban J connectivity index is 2.09. The molecule has 3 nitrogen and oxygen atoms in total. The zero-order valence-electron chi connectivity index (χ0n) is 11.9. The summed E-state index contributed by atoms with van der Waals surface area (Å²) in [7, 11) is 0. The first kappa shape index (κ1) is 14.3. The van der Waals surface area contributed by atoms with Crippen LogP contribution in [0.25, 0.3) is 0 Å². The molecule has 0 radical (unpaired) electrons. The first-order valence-corrected chi connectivity index (χ1v) is 7.92. The molecule has 0 aromatic rings. The van der Waals surface area contributed by atoms with Crippen LogP contribution < -0.4 is 11.3 Å². The van der Waals surface area contributed by atoms with Gasteiger partial charge in [-0.1, -0.05) is 38.5 Å². The summed E-state index contributed by atoms with van der Waals surface area (Å²) < 4.78 is 6.23. The monoisotopic (exact) mass is 254 g/mol. The Morgan fingerprint density at radius 1 is 1.11 bits per heavy atom. The molecular formula is C15H30N2O. The molecule has 0 aromatic carbocycles. The maximum atomic E-state index is 6.23. The SMILES string of the molecule is CCOC1(C(NN)C2CCCCC2)CCCCC1. The summed E-state index contributed by atoms with van der Waals surface area (Å²) >= 11 is 0. The topological polar surface area (TPSA) is 47.3 Å². The second kappa shape index (κ2) is 6.88. The van der Waals surface area contributed by atoms with Crippen molar-refractivity contribution in [3.05, 3.63) is 0 Å². The molecule has 3 N–H and O–H groups in total. The van der Waals surface area contributed by atoms with Gasteiger partial charge in [-0.05, 0) is 38.5 Å². The van der Waals surface area contributed by atoms with E-state index in [0.717, 1.165) is 6.61 Å². The fourth-order valence-corrected chi connectivity index (χ4v) is 4.17. The average molecular weight is 254 g/mol. The van der Waals surface area contributed by atoms with Gasteiger partial charge in [0.15, 0.2) is 0 Å². The third-order valence-electron chi connectivity index (χ3n) is 5.00. The maximum Gasteiger partial charge on any atom is 0.0850 e. The Labute approximate surface area is 112 Å². The minimum absolute atomic E-state index is 0.0176. The van der Waals surface area contributed by atoms with E-state index in [1.165, 1.54) is 64.2 Å². The summed E-state index contributed by atoms with van der Waals surface area (Å²) in [5.41, 5.74) is 3.16. The summed E-state index contributed by atoms with van der Waals surface area (Å²) in [6, 6.07) is 0.359. The molecule has 106 valence electrons. The standard InChI is InChI=1S/C15H30N2O/c1-2-18-15(11-7-4-8-12-15)14(17-16)13-9-5-3-6-10-13/h13-14,17H,2-12,16H2,1H3. The lowest BCUT2D eigenvalue weighted by molar-refractivity contribution is -0.105. The second-order valence-electron chi connectivity index (χ2n) is 6.10. The Bertz CT molecular complexity index is 227. The van der Waals surface area contributed by atoms with E-state index < -0.39 is 0 Å². The van der Waals surface area contributed by atoms with Crippen LogP contribution in [-0.4, -0.2) is 18.2 Å². The van der Waals surface area contributed by atoms with Crippen LogP contribution in [0.15, 0.2) is 0 Å². The highest BCUT2D eigenvalue weighted by molar-refractivity contribution is 4.98. The highest BCUT2D eigenvalue weighted by Gasteiger charge is 2.44. The molecule has 0 aliphatic heterocycles. The first-order valence-electron chi connectivity index (χ1n) is 7.92. The molecule has 2 aliphatic rings. The highest BCUT2D eigenvalue weighted by Crippen LogP contribution is 2.40. The zero-order valence-corrected chi connectivity index (χ0v) is 11.9. The number of ether oxygens (including phenoxy) is 1. The normalized spacial score (nSPS) is 27.0. The van der Waals surface area contributed by atoms with Gasteiger partial charge in [0.2, 0.25) is 0 Å². The molecule has 18 heavy (non-hydrogen) atoms. The molecule has 2 saturated carbocycles. The van der Waals surface area contributed by atoms with Gasteiger partial charge < -0.3 is 4.74 Å². The van der Waals surface area contributed by atoms with Gasteiger partial charge in [-0.3, -0.25) is 11.3 Å². The van der Waals surface area contributed by atoms with E-state index in [2.05, 4.69) is 12.3 Å². The molecule has 2 fully saturated rings. The molecule has 0 heterocycles. The molecule has 1 unspecified atom stereocenters. The van der Waals surface area contributed by atoms with E-state index in [9.17, 15) is 0 Å². The van der Waals surface area contributed by atoms with Crippen molar-refractivity contribution in [2.75, 3.05) is 6.61 Å². The van der Waals surface area contributed by atoms with Gasteiger partial charge in [-0.25, -0.2) is 0 Å². The highest BCUT2D eigenvalue weighted by atomic mass is 16.5. The van der Waals surface area contributed by atoms with Crippen LogP contribution in [0.3, 0.4) is 0 Å². The lowest BCUT2D eigenvalue weighted by Crippen LogP contribution is -2.59. The maximum absolute atomic E-state index is 6.23. The van der Waals surface area contributed by atoms with Crippen LogP contribution in [0.2, 0.25) is 0 Å². The van der Waals surface area contributed by atoms with Crippen molar-refractivity contribution in [2.45, 2.75) is 82.8 Å². The molecule has 1 atom stereocenters. The van der Waals surface area contributed by atoms with E-state index in [-0.39, 0.29) is 5.60 Å². The summed E-state index contributed by atoms with van der Waals surface area (Å²) in [6.45, 7) is 2.93. The summed E-state index contributed by atoms with van der Waals surface area (Å²) in [5, 5.41) is 0. The van der Waals surface area contributed by atoms with Crippen molar-refractivity contribution in [1.82, 2.24) is 5.43 Å². The van der Waals surface area contributed by atoms with Crippen molar-refractivity contribution in [1.29, 1.82) is 0 Å². The number of hydrazine groups is 1. The fraction of sp³-hybridized carbons (Fsp3) is 1.00. The first-order chi connectivity index (χ1) is 8.82. The zero-order chi connectivity index (χ0) is 12.8. The summed E-state index contributed by atoms with van der Waals surface area (Å²) in [4.78, 5) is 0. The summed E-state index contributed by atoms with van der Waals surface area (Å²) in [5.74, 6) is 6.64. The predicted molar refractivity (Wildman–Crippen MR) is 75.1 cm³/mol. The van der Waals surface area contributed by atoms with Gasteiger partial charge in [0.1, 0.15) is 0 Å². The quantitative estimate of drug-likeness (QED) is 0.585. The lowest BCUT2D eigenvalue weighted by Gasteiger charge is -2.47. The van der Waals surface area contributed by atoms with E-state index in [1.54, 1.807) is 0 Å². The van der Waals surface area contributed by atoms with Crippen molar-refractivity contribution in [3.63, 3.8) is 0 Å². The number of nitrogens with one attached hydrogen (secondary N) is 1. The number of hydrogen-bond donors (Lipinski definition) is 2. The van der Waals surface area contributed by atoms with Crippen LogP contribution in [0.5, 0.6) is 0 Å². The Hall–Kier alpha value is -0.120. The molecule has 0 aromatic heterocycles. The predicted octanol–water partition coefficient (Wildman–Crippen LogP) is 3.14. The molecule has 0 amide bonds. The third-order valence-corrected chi connectivity index (χ3v) is 5.00. The molecule has 0 spiro atoms. The van der Waals surface area contributed by atoms with Crippen LogP contribution >= 0.6 is 0 Å². The number of hydrogen-bond acceptors (Lipinski definition) is 3. The minimum atomic E-state index is 0.0176. The minimum Gasteiger partial charge on any atom is -0.374 e. The van der Waals surface area contributed by atoms with Crippen molar-refractivity contribution in [2.24, 2.45) is 11.8 Å². The van der Waals surface area contributed by atoms with Crippen molar-refractivity contribution >= 4 is 0 Å². The van der Waals surface area contributed by atoms with Crippen LogP contribution in [0.1, 0.15) is 71.1 Å². The molecule has 0 saturated heterocycles. The van der Waals surface area contributed by atoms with E-state index in [4.69, 9.17) is 10.6 Å². The second-order valence-corrected chi connectivity index (χ2v) is 6.10. The molecule has 3 heteroatoms. The Morgan fingerprint density at radius 2 is 1.72 bits per heavy atom. The molecule has 0 bridgehead atoms. The van der Waals surface area contributed by atoms with Crippen molar-refractivity contribution in [3.8, 4) is 0 Å². The lowest BCUT2D eigenvalue weighted by atomic mass is 9.71. The Morgan fingerprint density at radius 3 is 2.28 bits per heavy atom. The van der Waals surface area contributed by atoms with E-state index >= 15 is 0 Å².